The normalized spacial score (nSPS) is 29.5. The standard InChI is InChI=1S/C15H16F2N6S/c16-10-1-2-12(19-3-10)15-8-23(14-20-4-11(17)5-21-14)6-9(15)7-24-13(18)22-15/h1-5,9,13,22H,6-8,18H2/t9-,13?,15-/m0/s1. The lowest BCUT2D eigenvalue weighted by Crippen LogP contribution is -2.59. The van der Waals surface area contributed by atoms with Gasteiger partial charge in [-0.2, -0.15) is 0 Å². The van der Waals surface area contributed by atoms with E-state index in [-0.39, 0.29) is 17.2 Å². The van der Waals surface area contributed by atoms with Crippen molar-refractivity contribution in [1.82, 2.24) is 20.3 Å². The second kappa shape index (κ2) is 5.91. The Kier molecular flexibility index (Phi) is 3.86. The van der Waals surface area contributed by atoms with Gasteiger partial charge in [0.2, 0.25) is 5.95 Å². The number of fused-ring (bicyclic) bond motifs is 1. The molecule has 2 aromatic rings. The van der Waals surface area contributed by atoms with Crippen molar-refractivity contribution in [3.8, 4) is 0 Å². The lowest BCUT2D eigenvalue weighted by molar-refractivity contribution is 0.266. The fourth-order valence-electron chi connectivity index (χ4n) is 3.42. The molecule has 0 saturated carbocycles. The number of nitrogens with one attached hydrogen (secondary N) is 1. The third kappa shape index (κ3) is 2.62. The van der Waals surface area contributed by atoms with Crippen LogP contribution in [0, 0.1) is 17.6 Å². The highest BCUT2D eigenvalue weighted by atomic mass is 32.2. The number of halogens is 2. The number of nitrogens with two attached hydrogens (primary N) is 1. The zero-order valence-corrected chi connectivity index (χ0v) is 13.5. The van der Waals surface area contributed by atoms with Gasteiger partial charge in [0.1, 0.15) is 11.3 Å². The predicted octanol–water partition coefficient (Wildman–Crippen LogP) is 1.06. The molecule has 2 fully saturated rings. The summed E-state index contributed by atoms with van der Waals surface area (Å²) in [5.41, 5.74) is 6.10. The van der Waals surface area contributed by atoms with E-state index < -0.39 is 11.4 Å². The van der Waals surface area contributed by atoms with Crippen LogP contribution in [0.4, 0.5) is 14.7 Å². The zero-order chi connectivity index (χ0) is 16.7. The lowest BCUT2D eigenvalue weighted by atomic mass is 9.84. The molecule has 24 heavy (non-hydrogen) atoms. The molecule has 1 unspecified atom stereocenters. The number of hydrogen-bond acceptors (Lipinski definition) is 7. The number of rotatable bonds is 2. The van der Waals surface area contributed by atoms with E-state index in [9.17, 15) is 8.78 Å². The third-order valence-corrected chi connectivity index (χ3v) is 5.60. The number of nitrogens with zero attached hydrogens (tertiary/aromatic N) is 4. The molecule has 0 aromatic carbocycles. The largest absolute Gasteiger partial charge is 0.338 e. The Morgan fingerprint density at radius 2 is 1.92 bits per heavy atom. The molecule has 0 amide bonds. The highest BCUT2D eigenvalue weighted by Crippen LogP contribution is 2.42. The third-order valence-electron chi connectivity index (χ3n) is 4.53. The van der Waals surface area contributed by atoms with E-state index in [1.54, 1.807) is 17.8 Å². The Morgan fingerprint density at radius 3 is 2.62 bits per heavy atom. The summed E-state index contributed by atoms with van der Waals surface area (Å²) >= 11 is 1.63. The van der Waals surface area contributed by atoms with Crippen LogP contribution in [-0.2, 0) is 5.54 Å². The summed E-state index contributed by atoms with van der Waals surface area (Å²) < 4.78 is 26.4. The first-order chi connectivity index (χ1) is 11.6. The van der Waals surface area contributed by atoms with Crippen molar-refractivity contribution in [2.24, 2.45) is 11.7 Å². The average Bonchev–Trinajstić information content (AvgIpc) is 2.96. The molecule has 4 heterocycles. The van der Waals surface area contributed by atoms with E-state index in [0.29, 0.717) is 19.0 Å². The first-order valence-electron chi connectivity index (χ1n) is 7.56. The van der Waals surface area contributed by atoms with Crippen molar-refractivity contribution < 1.29 is 8.78 Å². The molecule has 6 nitrogen and oxygen atoms in total. The molecule has 2 aromatic heterocycles. The van der Waals surface area contributed by atoms with Crippen LogP contribution < -0.4 is 16.0 Å². The predicted molar refractivity (Wildman–Crippen MR) is 87.1 cm³/mol. The van der Waals surface area contributed by atoms with Gasteiger partial charge in [0.25, 0.3) is 0 Å². The minimum atomic E-state index is -0.504. The molecule has 9 heteroatoms. The SMILES string of the molecule is NC1N[C@@]2(c3ccc(F)cn3)CN(c3ncc(F)cn3)C[C@H]2CS1. The summed E-state index contributed by atoms with van der Waals surface area (Å²) in [6.45, 7) is 1.23. The molecule has 2 saturated heterocycles. The maximum absolute atomic E-state index is 13.3. The van der Waals surface area contributed by atoms with Gasteiger partial charge in [-0.15, -0.1) is 11.8 Å². The van der Waals surface area contributed by atoms with Crippen LogP contribution in [0.3, 0.4) is 0 Å². The van der Waals surface area contributed by atoms with Crippen LogP contribution >= 0.6 is 11.8 Å². The van der Waals surface area contributed by atoms with Crippen LogP contribution in [0.25, 0.3) is 0 Å². The monoisotopic (exact) mass is 350 g/mol. The fourth-order valence-corrected chi connectivity index (χ4v) is 4.54. The quantitative estimate of drug-likeness (QED) is 0.838. The minimum absolute atomic E-state index is 0.203. The zero-order valence-electron chi connectivity index (χ0n) is 12.7. The summed E-state index contributed by atoms with van der Waals surface area (Å²) in [6.07, 6.45) is 3.52. The van der Waals surface area contributed by atoms with Crippen molar-refractivity contribution >= 4 is 17.7 Å². The van der Waals surface area contributed by atoms with Gasteiger partial charge in [-0.25, -0.2) is 18.7 Å². The van der Waals surface area contributed by atoms with Crippen molar-refractivity contribution in [2.45, 2.75) is 11.0 Å². The van der Waals surface area contributed by atoms with E-state index in [1.807, 2.05) is 4.90 Å². The lowest BCUT2D eigenvalue weighted by Gasteiger charge is -2.41. The second-order valence-electron chi connectivity index (χ2n) is 6.01. The molecule has 0 bridgehead atoms. The van der Waals surface area contributed by atoms with E-state index in [1.165, 1.54) is 12.3 Å². The smallest absolute Gasteiger partial charge is 0.225 e. The van der Waals surface area contributed by atoms with E-state index in [0.717, 1.165) is 23.8 Å². The molecule has 2 aliphatic heterocycles. The van der Waals surface area contributed by atoms with Gasteiger partial charge in [0, 0.05) is 24.8 Å². The van der Waals surface area contributed by atoms with Crippen LogP contribution in [0.1, 0.15) is 5.69 Å². The van der Waals surface area contributed by atoms with E-state index in [4.69, 9.17) is 5.73 Å². The van der Waals surface area contributed by atoms with Crippen LogP contribution in [0.2, 0.25) is 0 Å². The Hall–Kier alpha value is -1.84. The van der Waals surface area contributed by atoms with Crippen molar-refractivity contribution in [3.05, 3.63) is 48.1 Å². The Bertz CT molecular complexity index is 728. The summed E-state index contributed by atoms with van der Waals surface area (Å²) in [5, 5.41) is 3.42. The van der Waals surface area contributed by atoms with Crippen LogP contribution in [-0.4, -0.2) is 39.3 Å². The summed E-state index contributed by atoms with van der Waals surface area (Å²) in [5.74, 6) is 0.658. The van der Waals surface area contributed by atoms with E-state index in [2.05, 4.69) is 20.3 Å². The Balaban J connectivity index is 1.71. The average molecular weight is 350 g/mol. The summed E-state index contributed by atoms with van der Waals surface area (Å²) in [6, 6.07) is 3.09. The second-order valence-corrected chi connectivity index (χ2v) is 7.18. The molecule has 3 atom stereocenters. The Morgan fingerprint density at radius 1 is 1.17 bits per heavy atom. The van der Waals surface area contributed by atoms with Crippen molar-refractivity contribution in [3.63, 3.8) is 0 Å². The number of anilines is 1. The first kappa shape index (κ1) is 15.7. The van der Waals surface area contributed by atoms with Gasteiger partial charge in [-0.05, 0) is 12.1 Å². The first-order valence-corrected chi connectivity index (χ1v) is 8.61. The highest BCUT2D eigenvalue weighted by molar-refractivity contribution is 7.99. The molecule has 2 aliphatic rings. The maximum Gasteiger partial charge on any atom is 0.225 e. The molecule has 4 rings (SSSR count). The number of pyridine rings is 1. The van der Waals surface area contributed by atoms with Crippen LogP contribution in [0.15, 0.2) is 30.7 Å². The van der Waals surface area contributed by atoms with Gasteiger partial charge in [0.05, 0.1) is 29.8 Å². The molecule has 0 radical (unpaired) electrons. The molecule has 126 valence electrons. The molecular formula is C15H16F2N6S. The van der Waals surface area contributed by atoms with Gasteiger partial charge < -0.3 is 10.6 Å². The van der Waals surface area contributed by atoms with Gasteiger partial charge in [-0.3, -0.25) is 10.3 Å². The number of hydrogen-bond donors (Lipinski definition) is 2. The molecule has 3 N–H and O–H groups in total. The van der Waals surface area contributed by atoms with Crippen LogP contribution in [0.5, 0.6) is 0 Å². The number of aromatic nitrogens is 3. The van der Waals surface area contributed by atoms with E-state index >= 15 is 0 Å². The van der Waals surface area contributed by atoms with Gasteiger partial charge >= 0.3 is 0 Å². The minimum Gasteiger partial charge on any atom is -0.338 e. The fraction of sp³-hybridized carbons (Fsp3) is 0.400. The van der Waals surface area contributed by atoms with Gasteiger partial charge in [0.15, 0.2) is 5.82 Å². The molecular weight excluding hydrogens is 334 g/mol. The summed E-state index contributed by atoms with van der Waals surface area (Å²) in [7, 11) is 0. The van der Waals surface area contributed by atoms with Gasteiger partial charge in [-0.1, -0.05) is 0 Å². The number of thioether (sulfide) groups is 1. The topological polar surface area (TPSA) is 80.0 Å². The molecule has 0 spiro atoms. The molecule has 0 aliphatic carbocycles. The Labute approximate surface area is 141 Å². The highest BCUT2D eigenvalue weighted by Gasteiger charge is 2.52. The van der Waals surface area contributed by atoms with Crippen molar-refractivity contribution in [1.29, 1.82) is 0 Å². The summed E-state index contributed by atoms with van der Waals surface area (Å²) in [4.78, 5) is 14.4. The maximum atomic E-state index is 13.3. The van der Waals surface area contributed by atoms with Crippen molar-refractivity contribution in [2.75, 3.05) is 23.7 Å².